The number of hydrogen-bond acceptors (Lipinski definition) is 3. The number of ether oxygens (including phenoxy) is 1. The number of carbonyl (C=O) groups is 1. The second-order valence-electron chi connectivity index (χ2n) is 5.33. The van der Waals surface area contributed by atoms with Gasteiger partial charge in [0.1, 0.15) is 12.4 Å². The summed E-state index contributed by atoms with van der Waals surface area (Å²) in [5.74, 6) is 0.514. The maximum absolute atomic E-state index is 12.3. The number of rotatable bonds is 7. The maximum atomic E-state index is 12.3. The summed E-state index contributed by atoms with van der Waals surface area (Å²) in [6, 6.07) is 16.5. The van der Waals surface area contributed by atoms with Crippen LogP contribution >= 0.6 is 11.6 Å². The van der Waals surface area contributed by atoms with E-state index < -0.39 is 6.04 Å². The number of nitrogens with two attached hydrogens (primary N) is 1. The zero-order valence-corrected chi connectivity index (χ0v) is 13.9. The summed E-state index contributed by atoms with van der Waals surface area (Å²) < 4.78 is 5.59. The highest BCUT2D eigenvalue weighted by Gasteiger charge is 2.18. The van der Waals surface area contributed by atoms with Crippen molar-refractivity contribution in [3.8, 4) is 5.75 Å². The highest BCUT2D eigenvalue weighted by molar-refractivity contribution is 6.32. The molecule has 23 heavy (non-hydrogen) atoms. The van der Waals surface area contributed by atoms with Crippen LogP contribution in [0.2, 0.25) is 5.02 Å². The summed E-state index contributed by atoms with van der Waals surface area (Å²) in [5.41, 5.74) is 7.05. The molecule has 1 amide bonds. The lowest BCUT2D eigenvalue weighted by Gasteiger charge is -2.21. The molecule has 2 aromatic rings. The number of halogens is 1. The maximum Gasteiger partial charge on any atom is 0.239 e. The minimum absolute atomic E-state index is 0.100. The van der Waals surface area contributed by atoms with Gasteiger partial charge in [0.2, 0.25) is 5.91 Å². The van der Waals surface area contributed by atoms with Gasteiger partial charge in [-0.1, -0.05) is 54.1 Å². The second kappa shape index (κ2) is 8.56. The Morgan fingerprint density at radius 3 is 2.52 bits per heavy atom. The predicted molar refractivity (Wildman–Crippen MR) is 92.7 cm³/mol. The molecule has 0 aliphatic carbocycles. The van der Waals surface area contributed by atoms with Crippen molar-refractivity contribution in [3.63, 3.8) is 0 Å². The quantitative estimate of drug-likeness (QED) is 0.848. The molecular formula is C18H21ClN2O2. The van der Waals surface area contributed by atoms with Crippen LogP contribution in [0.25, 0.3) is 0 Å². The Hall–Kier alpha value is -2.04. The van der Waals surface area contributed by atoms with Crippen LogP contribution in [0.4, 0.5) is 0 Å². The molecule has 0 spiro atoms. The molecular weight excluding hydrogens is 312 g/mol. The first-order chi connectivity index (χ1) is 11.1. The molecule has 5 heteroatoms. The summed E-state index contributed by atoms with van der Waals surface area (Å²) in [4.78, 5) is 13.9. The van der Waals surface area contributed by atoms with E-state index >= 15 is 0 Å². The van der Waals surface area contributed by atoms with E-state index in [1.807, 2.05) is 42.5 Å². The minimum Gasteiger partial charge on any atom is -0.490 e. The summed E-state index contributed by atoms with van der Waals surface area (Å²) in [6.45, 7) is 0.816. The van der Waals surface area contributed by atoms with Gasteiger partial charge in [-0.05, 0) is 24.1 Å². The molecule has 0 aliphatic heterocycles. The lowest BCUT2D eigenvalue weighted by Crippen LogP contribution is -2.44. The first-order valence-corrected chi connectivity index (χ1v) is 7.87. The van der Waals surface area contributed by atoms with Crippen LogP contribution in [0.15, 0.2) is 54.6 Å². The average molecular weight is 333 g/mol. The third-order valence-corrected chi connectivity index (χ3v) is 3.83. The van der Waals surface area contributed by atoms with Crippen LogP contribution in [-0.2, 0) is 11.2 Å². The molecule has 0 radical (unpaired) electrons. The van der Waals surface area contributed by atoms with Gasteiger partial charge in [-0.2, -0.15) is 0 Å². The van der Waals surface area contributed by atoms with Crippen LogP contribution in [0.3, 0.4) is 0 Å². The molecule has 4 nitrogen and oxygen atoms in total. The van der Waals surface area contributed by atoms with Gasteiger partial charge in [0.25, 0.3) is 0 Å². The number of likely N-dealkylation sites (N-methyl/N-ethyl adjacent to an activating group) is 1. The number of carbonyl (C=O) groups excluding carboxylic acids is 1. The molecule has 0 fully saturated rings. The van der Waals surface area contributed by atoms with Crippen molar-refractivity contribution in [1.29, 1.82) is 0 Å². The predicted octanol–water partition coefficient (Wildman–Crippen LogP) is 2.75. The van der Waals surface area contributed by atoms with Gasteiger partial charge in [0.05, 0.1) is 17.6 Å². The van der Waals surface area contributed by atoms with Crippen LogP contribution in [0.1, 0.15) is 5.56 Å². The van der Waals surface area contributed by atoms with Crippen molar-refractivity contribution < 1.29 is 9.53 Å². The normalized spacial score (nSPS) is 11.8. The van der Waals surface area contributed by atoms with Gasteiger partial charge in [-0.25, -0.2) is 0 Å². The van der Waals surface area contributed by atoms with E-state index in [4.69, 9.17) is 22.1 Å². The molecule has 0 aromatic heterocycles. The fourth-order valence-corrected chi connectivity index (χ4v) is 2.39. The zero-order chi connectivity index (χ0) is 16.7. The van der Waals surface area contributed by atoms with E-state index in [0.29, 0.717) is 30.3 Å². The van der Waals surface area contributed by atoms with Crippen LogP contribution in [0.5, 0.6) is 5.75 Å². The number of benzene rings is 2. The Morgan fingerprint density at radius 1 is 1.17 bits per heavy atom. The second-order valence-corrected chi connectivity index (χ2v) is 5.74. The van der Waals surface area contributed by atoms with Gasteiger partial charge >= 0.3 is 0 Å². The molecule has 2 N–H and O–H groups in total. The summed E-state index contributed by atoms with van der Waals surface area (Å²) in [6.07, 6.45) is 0.523. The highest BCUT2D eigenvalue weighted by atomic mass is 35.5. The molecule has 2 rings (SSSR count). The van der Waals surface area contributed by atoms with Crippen molar-refractivity contribution in [2.75, 3.05) is 20.2 Å². The smallest absolute Gasteiger partial charge is 0.239 e. The molecule has 1 atom stereocenters. The summed E-state index contributed by atoms with van der Waals surface area (Å²) in [7, 11) is 1.73. The zero-order valence-electron chi connectivity index (χ0n) is 13.1. The number of amides is 1. The third-order valence-electron chi connectivity index (χ3n) is 3.51. The van der Waals surface area contributed by atoms with E-state index in [1.165, 1.54) is 0 Å². The van der Waals surface area contributed by atoms with E-state index in [0.717, 1.165) is 5.56 Å². The fraction of sp³-hybridized carbons (Fsp3) is 0.278. The van der Waals surface area contributed by atoms with Crippen molar-refractivity contribution in [3.05, 3.63) is 65.2 Å². The van der Waals surface area contributed by atoms with E-state index in [2.05, 4.69) is 0 Å². The molecule has 1 unspecified atom stereocenters. The Morgan fingerprint density at radius 2 is 1.83 bits per heavy atom. The topological polar surface area (TPSA) is 55.6 Å². The van der Waals surface area contributed by atoms with Crippen molar-refractivity contribution in [1.82, 2.24) is 4.90 Å². The molecule has 0 saturated heterocycles. The molecule has 0 saturated carbocycles. The standard InChI is InChI=1S/C18H21ClN2O2/c1-21(11-12-23-17-10-6-5-9-15(17)19)18(22)16(20)13-14-7-3-2-4-8-14/h2-10,16H,11-13,20H2,1H3. The van der Waals surface area contributed by atoms with Crippen LogP contribution < -0.4 is 10.5 Å². The van der Waals surface area contributed by atoms with Gasteiger partial charge in [-0.3, -0.25) is 4.79 Å². The van der Waals surface area contributed by atoms with Gasteiger partial charge in [0, 0.05) is 7.05 Å². The summed E-state index contributed by atoms with van der Waals surface area (Å²) >= 11 is 6.02. The monoisotopic (exact) mass is 332 g/mol. The summed E-state index contributed by atoms with van der Waals surface area (Å²) in [5, 5.41) is 0.558. The van der Waals surface area contributed by atoms with Crippen molar-refractivity contribution >= 4 is 17.5 Å². The van der Waals surface area contributed by atoms with E-state index in [-0.39, 0.29) is 5.91 Å². The van der Waals surface area contributed by atoms with E-state index in [1.54, 1.807) is 24.1 Å². The van der Waals surface area contributed by atoms with Crippen molar-refractivity contribution in [2.45, 2.75) is 12.5 Å². The largest absolute Gasteiger partial charge is 0.490 e. The SMILES string of the molecule is CN(CCOc1ccccc1Cl)C(=O)C(N)Cc1ccccc1. The third kappa shape index (κ3) is 5.27. The van der Waals surface area contributed by atoms with Gasteiger partial charge in [-0.15, -0.1) is 0 Å². The van der Waals surface area contributed by atoms with Gasteiger partial charge < -0.3 is 15.4 Å². The van der Waals surface area contributed by atoms with E-state index in [9.17, 15) is 4.79 Å². The minimum atomic E-state index is -0.553. The Bertz CT molecular complexity index is 634. The van der Waals surface area contributed by atoms with Crippen LogP contribution in [-0.4, -0.2) is 37.0 Å². The lowest BCUT2D eigenvalue weighted by molar-refractivity contribution is -0.131. The number of hydrogen-bond donors (Lipinski definition) is 1. The van der Waals surface area contributed by atoms with Crippen LogP contribution in [0, 0.1) is 0 Å². The Labute approximate surface area is 141 Å². The highest BCUT2D eigenvalue weighted by Crippen LogP contribution is 2.22. The Kier molecular flexibility index (Phi) is 6.44. The average Bonchev–Trinajstić information content (AvgIpc) is 2.56. The molecule has 0 bridgehead atoms. The van der Waals surface area contributed by atoms with Gasteiger partial charge in [0.15, 0.2) is 0 Å². The molecule has 2 aromatic carbocycles. The number of nitrogens with zero attached hydrogens (tertiary/aromatic N) is 1. The Balaban J connectivity index is 1.79. The first-order valence-electron chi connectivity index (χ1n) is 7.49. The molecule has 0 heterocycles. The van der Waals surface area contributed by atoms with Crippen molar-refractivity contribution in [2.24, 2.45) is 5.73 Å². The molecule has 0 aliphatic rings. The lowest BCUT2D eigenvalue weighted by atomic mass is 10.1. The number of para-hydroxylation sites is 1. The fourth-order valence-electron chi connectivity index (χ4n) is 2.20. The first kappa shape index (κ1) is 17.3. The molecule has 122 valence electrons.